The maximum Gasteiger partial charge on any atom is 0.335 e. The fourth-order valence-corrected chi connectivity index (χ4v) is 2.38. The molecule has 0 atom stereocenters. The van der Waals surface area contributed by atoms with E-state index < -0.39 is 5.97 Å². The highest BCUT2D eigenvalue weighted by molar-refractivity contribution is 9.10. The van der Waals surface area contributed by atoms with Crippen LogP contribution in [0.2, 0.25) is 10.0 Å². The second-order valence-corrected chi connectivity index (χ2v) is 7.07. The van der Waals surface area contributed by atoms with Gasteiger partial charge in [-0.3, -0.25) is 9.63 Å². The molecule has 1 N–H and O–H groups in total. The van der Waals surface area contributed by atoms with Crippen LogP contribution in [0.15, 0.2) is 45.3 Å². The average Bonchev–Trinajstić information content (AvgIpc) is 2.58. The Balaban J connectivity index is 0.000000257. The Morgan fingerprint density at radius 1 is 1.00 bits per heavy atom. The lowest BCUT2D eigenvalue weighted by Gasteiger charge is -2.13. The van der Waals surface area contributed by atoms with E-state index in [1.54, 1.807) is 24.3 Å². The van der Waals surface area contributed by atoms with Crippen molar-refractivity contribution in [2.24, 2.45) is 0 Å². The number of carboxylic acid groups (broad SMARTS) is 1. The van der Waals surface area contributed by atoms with Crippen LogP contribution in [-0.2, 0) is 4.84 Å². The van der Waals surface area contributed by atoms with Crippen molar-refractivity contribution in [1.82, 2.24) is 5.06 Å². The van der Waals surface area contributed by atoms with E-state index in [0.29, 0.717) is 20.1 Å². The highest BCUT2D eigenvalue weighted by Gasteiger charge is 2.12. The first-order valence-corrected chi connectivity index (χ1v) is 8.97. The van der Waals surface area contributed by atoms with Gasteiger partial charge in [-0.2, -0.15) is 0 Å². The lowest BCUT2D eigenvalue weighted by atomic mass is 10.2. The Bertz CT molecular complexity index is 787. The summed E-state index contributed by atoms with van der Waals surface area (Å²) in [5.41, 5.74) is 0.681. The molecule has 2 aromatic carbocycles. The maximum absolute atomic E-state index is 11.6. The molecular weight excluding hydrogens is 501 g/mol. The van der Waals surface area contributed by atoms with Crippen LogP contribution in [-0.4, -0.2) is 36.2 Å². The van der Waals surface area contributed by atoms with Crippen molar-refractivity contribution in [2.45, 2.75) is 0 Å². The minimum absolute atomic E-state index is 0.193. The smallest absolute Gasteiger partial charge is 0.335 e. The van der Waals surface area contributed by atoms with Gasteiger partial charge >= 0.3 is 5.97 Å². The predicted octanol–water partition coefficient (Wildman–Crippen LogP) is 5.54. The SMILES string of the molecule is CON(C)C(=O)c1ccc(Br)c(Cl)c1.O=C(O)c1ccc(Br)c(Cl)c1. The Morgan fingerprint density at radius 3 is 1.84 bits per heavy atom. The molecule has 134 valence electrons. The van der Waals surface area contributed by atoms with Gasteiger partial charge in [0.15, 0.2) is 0 Å². The van der Waals surface area contributed by atoms with Crippen molar-refractivity contribution in [3.63, 3.8) is 0 Å². The van der Waals surface area contributed by atoms with Crippen LogP contribution in [0.1, 0.15) is 20.7 Å². The van der Waals surface area contributed by atoms with E-state index in [4.69, 9.17) is 33.1 Å². The largest absolute Gasteiger partial charge is 0.478 e. The van der Waals surface area contributed by atoms with E-state index in [0.717, 1.165) is 9.54 Å². The number of carbonyl (C=O) groups excluding carboxylic acids is 1. The molecule has 0 aromatic heterocycles. The fraction of sp³-hybridized carbons (Fsp3) is 0.125. The third kappa shape index (κ3) is 6.60. The first-order chi connectivity index (χ1) is 11.7. The molecule has 0 saturated carbocycles. The van der Waals surface area contributed by atoms with Crippen LogP contribution in [0.25, 0.3) is 0 Å². The fourth-order valence-electron chi connectivity index (χ4n) is 1.52. The summed E-state index contributed by atoms with van der Waals surface area (Å²) in [6.45, 7) is 0. The highest BCUT2D eigenvalue weighted by atomic mass is 79.9. The first-order valence-electron chi connectivity index (χ1n) is 6.63. The van der Waals surface area contributed by atoms with Gasteiger partial charge in [0.1, 0.15) is 0 Å². The lowest BCUT2D eigenvalue weighted by Crippen LogP contribution is -2.25. The molecule has 0 unspecified atom stereocenters. The van der Waals surface area contributed by atoms with Crippen LogP contribution >= 0.6 is 55.1 Å². The molecule has 1 amide bonds. The molecule has 0 aliphatic rings. The Kier molecular flexibility index (Phi) is 8.88. The molecule has 0 fully saturated rings. The van der Waals surface area contributed by atoms with Gasteiger partial charge in [-0.25, -0.2) is 9.86 Å². The van der Waals surface area contributed by atoms with Crippen LogP contribution in [0.5, 0.6) is 0 Å². The summed E-state index contributed by atoms with van der Waals surface area (Å²) in [5.74, 6) is -1.21. The molecule has 2 rings (SSSR count). The number of hydrogen-bond acceptors (Lipinski definition) is 3. The summed E-state index contributed by atoms with van der Waals surface area (Å²) in [5, 5.41) is 10.6. The van der Waals surface area contributed by atoms with Crippen LogP contribution in [0, 0.1) is 0 Å². The number of hydroxylamine groups is 2. The normalized spacial score (nSPS) is 9.84. The quantitative estimate of drug-likeness (QED) is 0.547. The van der Waals surface area contributed by atoms with Crippen molar-refractivity contribution < 1.29 is 19.5 Å². The molecule has 5 nitrogen and oxygen atoms in total. The van der Waals surface area contributed by atoms with E-state index in [2.05, 4.69) is 31.9 Å². The van der Waals surface area contributed by atoms with Crippen molar-refractivity contribution in [3.8, 4) is 0 Å². The summed E-state index contributed by atoms with van der Waals surface area (Å²) >= 11 is 17.9. The van der Waals surface area contributed by atoms with Gasteiger partial charge in [-0.15, -0.1) is 0 Å². The van der Waals surface area contributed by atoms with Crippen LogP contribution in [0.3, 0.4) is 0 Å². The summed E-state index contributed by atoms with van der Waals surface area (Å²) in [7, 11) is 2.97. The van der Waals surface area contributed by atoms with E-state index in [9.17, 15) is 9.59 Å². The summed E-state index contributed by atoms with van der Waals surface area (Å²) < 4.78 is 1.46. The standard InChI is InChI=1S/C9H9BrClNO2.C7H4BrClO2/c1-12(14-2)9(13)6-3-4-7(10)8(11)5-6;8-5-2-1-4(7(10)11)3-6(5)9/h3-5H,1-2H3;1-3H,(H,10,11). The third-order valence-corrected chi connectivity index (χ3v) is 5.36. The minimum Gasteiger partial charge on any atom is -0.478 e. The van der Waals surface area contributed by atoms with Crippen LogP contribution in [0.4, 0.5) is 0 Å². The van der Waals surface area contributed by atoms with Gasteiger partial charge in [0, 0.05) is 21.6 Å². The second-order valence-electron chi connectivity index (χ2n) is 4.55. The average molecular weight is 514 g/mol. The molecule has 0 spiro atoms. The van der Waals surface area contributed by atoms with E-state index >= 15 is 0 Å². The van der Waals surface area contributed by atoms with Gasteiger partial charge in [0.25, 0.3) is 5.91 Å². The molecule has 0 aliphatic heterocycles. The molecular formula is C16H13Br2Cl2NO4. The zero-order chi connectivity index (χ0) is 19.1. The lowest BCUT2D eigenvalue weighted by molar-refractivity contribution is -0.0756. The summed E-state index contributed by atoms with van der Waals surface area (Å²) in [6, 6.07) is 9.47. The zero-order valence-corrected chi connectivity index (χ0v) is 17.8. The summed E-state index contributed by atoms with van der Waals surface area (Å²) in [4.78, 5) is 26.7. The van der Waals surface area contributed by atoms with Gasteiger partial charge in [-0.05, 0) is 68.3 Å². The topological polar surface area (TPSA) is 66.8 Å². The molecule has 9 heteroatoms. The predicted molar refractivity (Wildman–Crippen MR) is 104 cm³/mol. The van der Waals surface area contributed by atoms with Gasteiger partial charge in [0.05, 0.1) is 22.7 Å². The minimum atomic E-state index is -0.973. The van der Waals surface area contributed by atoms with Crippen molar-refractivity contribution in [1.29, 1.82) is 0 Å². The number of carboxylic acids is 1. The molecule has 2 aromatic rings. The van der Waals surface area contributed by atoms with E-state index in [-0.39, 0.29) is 11.5 Å². The maximum atomic E-state index is 11.6. The van der Waals surface area contributed by atoms with Gasteiger partial charge in [-0.1, -0.05) is 23.2 Å². The third-order valence-electron chi connectivity index (χ3n) is 2.89. The van der Waals surface area contributed by atoms with E-state index in [1.165, 1.54) is 26.3 Å². The monoisotopic (exact) mass is 511 g/mol. The zero-order valence-electron chi connectivity index (χ0n) is 13.1. The number of benzene rings is 2. The number of hydrogen-bond donors (Lipinski definition) is 1. The Hall–Kier alpha value is -1.12. The Morgan fingerprint density at radius 2 is 1.44 bits per heavy atom. The number of halogens is 4. The number of carbonyl (C=O) groups is 2. The van der Waals surface area contributed by atoms with Gasteiger partial charge in [0.2, 0.25) is 0 Å². The number of amides is 1. The molecule has 0 bridgehead atoms. The second kappa shape index (κ2) is 10.1. The molecule has 25 heavy (non-hydrogen) atoms. The summed E-state index contributed by atoms with van der Waals surface area (Å²) in [6.07, 6.45) is 0. The highest BCUT2D eigenvalue weighted by Crippen LogP contribution is 2.24. The molecule has 0 saturated heterocycles. The molecule has 0 radical (unpaired) electrons. The van der Waals surface area contributed by atoms with Crippen LogP contribution < -0.4 is 0 Å². The molecule has 0 aliphatic carbocycles. The van der Waals surface area contributed by atoms with E-state index in [1.807, 2.05) is 0 Å². The van der Waals surface area contributed by atoms with Gasteiger partial charge < -0.3 is 5.11 Å². The van der Waals surface area contributed by atoms with Crippen molar-refractivity contribution in [2.75, 3.05) is 14.2 Å². The number of rotatable bonds is 3. The molecule has 0 heterocycles. The number of nitrogens with zero attached hydrogens (tertiary/aromatic N) is 1. The number of aromatic carboxylic acids is 1. The van der Waals surface area contributed by atoms with Crippen molar-refractivity contribution >= 4 is 66.9 Å². The first kappa shape index (κ1) is 21.9. The Labute approximate surface area is 171 Å². The van der Waals surface area contributed by atoms with Crippen molar-refractivity contribution in [3.05, 3.63) is 66.5 Å².